The number of benzene rings is 2. The number of fused-ring (bicyclic) bond motifs is 1. The van der Waals surface area contributed by atoms with Gasteiger partial charge >= 0.3 is 0 Å². The molecule has 0 aliphatic heterocycles. The van der Waals surface area contributed by atoms with Gasteiger partial charge in [-0.2, -0.15) is 5.26 Å². The third-order valence-electron chi connectivity index (χ3n) is 3.57. The Kier molecular flexibility index (Phi) is 4.94. The third kappa shape index (κ3) is 4.33. The van der Waals surface area contributed by atoms with Crippen LogP contribution in [0.25, 0.3) is 17.1 Å². The largest absolute Gasteiger partial charge is 0.321 e. The van der Waals surface area contributed by atoms with Crippen LogP contribution in [0.4, 0.5) is 5.69 Å². The number of para-hydroxylation sites is 2. The lowest BCUT2D eigenvalue weighted by Crippen LogP contribution is -2.14. The number of hydrogen-bond donors (Lipinski definition) is 2. The number of carbonyl (C=O) groups is 1. The van der Waals surface area contributed by atoms with E-state index < -0.39 is 15.9 Å². The topological polar surface area (TPSA) is 139 Å². The van der Waals surface area contributed by atoms with E-state index in [1.807, 2.05) is 18.2 Å². The van der Waals surface area contributed by atoms with Gasteiger partial charge in [0, 0.05) is 5.69 Å². The minimum atomic E-state index is -3.82. The van der Waals surface area contributed by atoms with Crippen molar-refractivity contribution in [3.63, 3.8) is 0 Å². The van der Waals surface area contributed by atoms with E-state index >= 15 is 0 Å². The van der Waals surface area contributed by atoms with Gasteiger partial charge in [-0.3, -0.25) is 9.78 Å². The summed E-state index contributed by atoms with van der Waals surface area (Å²) in [6, 6.07) is 14.3. The number of hydrogen-bond acceptors (Lipinski definition) is 6. The number of amides is 1. The van der Waals surface area contributed by atoms with Crippen LogP contribution in [-0.2, 0) is 14.8 Å². The number of aromatic nitrogens is 2. The Labute approximate surface area is 155 Å². The van der Waals surface area contributed by atoms with Gasteiger partial charge in [0.05, 0.1) is 27.8 Å². The number of carbonyl (C=O) groups excluding carboxylic acids is 1. The van der Waals surface area contributed by atoms with Gasteiger partial charge < -0.3 is 5.32 Å². The first-order valence-electron chi connectivity index (χ1n) is 7.64. The highest BCUT2D eigenvalue weighted by Gasteiger charge is 2.12. The summed E-state index contributed by atoms with van der Waals surface area (Å²) in [5.41, 5.74) is 1.85. The van der Waals surface area contributed by atoms with Gasteiger partial charge in [-0.1, -0.05) is 12.1 Å². The molecule has 0 spiro atoms. The Bertz CT molecular complexity index is 1200. The molecule has 1 amide bonds. The second-order valence-electron chi connectivity index (χ2n) is 5.48. The van der Waals surface area contributed by atoms with Crippen molar-refractivity contribution in [1.29, 1.82) is 5.26 Å². The van der Waals surface area contributed by atoms with Crippen molar-refractivity contribution >= 4 is 38.7 Å². The molecule has 2 aromatic carbocycles. The van der Waals surface area contributed by atoms with Crippen LogP contribution in [0.2, 0.25) is 0 Å². The summed E-state index contributed by atoms with van der Waals surface area (Å²) >= 11 is 0. The van der Waals surface area contributed by atoms with E-state index in [0.717, 1.165) is 0 Å². The predicted octanol–water partition coefficient (Wildman–Crippen LogP) is 1.82. The summed E-state index contributed by atoms with van der Waals surface area (Å²) in [7, 11) is -3.82. The van der Waals surface area contributed by atoms with Gasteiger partial charge in [-0.25, -0.2) is 18.5 Å². The number of anilines is 1. The summed E-state index contributed by atoms with van der Waals surface area (Å²) in [5, 5.41) is 16.8. The van der Waals surface area contributed by atoms with E-state index in [4.69, 9.17) is 5.14 Å². The van der Waals surface area contributed by atoms with Crippen LogP contribution >= 0.6 is 0 Å². The second-order valence-corrected chi connectivity index (χ2v) is 7.04. The van der Waals surface area contributed by atoms with Crippen LogP contribution in [-0.4, -0.2) is 24.3 Å². The maximum absolute atomic E-state index is 12.3. The standard InChI is InChI=1S/C18H13N5O3S/c19-10-12(9-14-11-21-16-3-1-2-4-17(16)22-14)18(24)23-13-5-7-15(8-6-13)27(20,25)26/h1-9,11H,(H,23,24)(H2,20,25,26)/b12-9+. The molecule has 134 valence electrons. The number of nitrogens with zero attached hydrogens (tertiary/aromatic N) is 3. The summed E-state index contributed by atoms with van der Waals surface area (Å²) in [6.45, 7) is 0. The molecule has 0 atom stereocenters. The number of nitriles is 1. The lowest BCUT2D eigenvalue weighted by atomic mass is 10.2. The molecule has 8 nitrogen and oxygen atoms in total. The summed E-state index contributed by atoms with van der Waals surface area (Å²) in [5.74, 6) is -0.657. The van der Waals surface area contributed by atoms with E-state index in [0.29, 0.717) is 22.4 Å². The zero-order chi connectivity index (χ0) is 19.4. The number of rotatable bonds is 4. The Morgan fingerprint density at radius 2 is 1.78 bits per heavy atom. The fourth-order valence-corrected chi connectivity index (χ4v) is 2.78. The van der Waals surface area contributed by atoms with Crippen LogP contribution in [0.3, 0.4) is 0 Å². The van der Waals surface area contributed by atoms with Crippen LogP contribution in [0, 0.1) is 11.3 Å². The van der Waals surface area contributed by atoms with Crippen LogP contribution < -0.4 is 10.5 Å². The Morgan fingerprint density at radius 3 is 2.41 bits per heavy atom. The van der Waals surface area contributed by atoms with Crippen molar-refractivity contribution in [3.05, 3.63) is 66.0 Å². The summed E-state index contributed by atoms with van der Waals surface area (Å²) < 4.78 is 22.5. The maximum atomic E-state index is 12.3. The van der Waals surface area contributed by atoms with Gasteiger partial charge in [0.2, 0.25) is 10.0 Å². The highest BCUT2D eigenvalue weighted by Crippen LogP contribution is 2.15. The Balaban J connectivity index is 1.82. The summed E-state index contributed by atoms with van der Waals surface area (Å²) in [4.78, 5) is 20.8. The number of sulfonamides is 1. The minimum absolute atomic E-state index is 0.0806. The Morgan fingerprint density at radius 1 is 1.11 bits per heavy atom. The van der Waals surface area contributed by atoms with Crippen LogP contribution in [0.15, 0.2) is 65.2 Å². The van der Waals surface area contributed by atoms with E-state index in [2.05, 4.69) is 15.3 Å². The fourth-order valence-electron chi connectivity index (χ4n) is 2.26. The van der Waals surface area contributed by atoms with Crippen LogP contribution in [0.1, 0.15) is 5.69 Å². The molecule has 27 heavy (non-hydrogen) atoms. The monoisotopic (exact) mass is 379 g/mol. The molecule has 3 N–H and O–H groups in total. The Hall–Kier alpha value is -3.61. The van der Waals surface area contributed by atoms with Crippen molar-refractivity contribution < 1.29 is 13.2 Å². The zero-order valence-electron chi connectivity index (χ0n) is 13.8. The highest BCUT2D eigenvalue weighted by molar-refractivity contribution is 7.89. The van der Waals surface area contributed by atoms with Gasteiger partial charge in [0.1, 0.15) is 11.6 Å². The van der Waals surface area contributed by atoms with Gasteiger partial charge in [-0.05, 0) is 42.5 Å². The van der Waals surface area contributed by atoms with E-state index in [9.17, 15) is 18.5 Å². The van der Waals surface area contributed by atoms with Crippen molar-refractivity contribution in [1.82, 2.24) is 9.97 Å². The quantitative estimate of drug-likeness (QED) is 0.524. The van der Waals surface area contributed by atoms with Crippen molar-refractivity contribution in [2.75, 3.05) is 5.32 Å². The van der Waals surface area contributed by atoms with E-state index in [1.165, 1.54) is 36.5 Å². The predicted molar refractivity (Wildman–Crippen MR) is 99.6 cm³/mol. The number of nitrogens with two attached hydrogens (primary N) is 1. The molecule has 0 saturated heterocycles. The molecule has 0 unspecified atom stereocenters. The first-order chi connectivity index (χ1) is 12.9. The fraction of sp³-hybridized carbons (Fsp3) is 0. The molecule has 3 rings (SSSR count). The summed E-state index contributed by atoms with van der Waals surface area (Å²) in [6.07, 6.45) is 2.79. The molecule has 0 aliphatic rings. The van der Waals surface area contributed by atoms with Gasteiger partial charge in [0.25, 0.3) is 5.91 Å². The molecule has 0 aliphatic carbocycles. The van der Waals surface area contributed by atoms with E-state index in [-0.39, 0.29) is 10.5 Å². The molecule has 3 aromatic rings. The molecule has 9 heteroatoms. The average Bonchev–Trinajstić information content (AvgIpc) is 2.65. The molecule has 0 radical (unpaired) electrons. The maximum Gasteiger partial charge on any atom is 0.266 e. The van der Waals surface area contributed by atoms with Crippen LogP contribution in [0.5, 0.6) is 0 Å². The van der Waals surface area contributed by atoms with Crippen molar-refractivity contribution in [2.45, 2.75) is 4.90 Å². The molecular weight excluding hydrogens is 366 g/mol. The lowest BCUT2D eigenvalue weighted by molar-refractivity contribution is -0.112. The molecule has 1 aromatic heterocycles. The SMILES string of the molecule is N#C/C(=C\c1cnc2ccccc2n1)C(=O)Nc1ccc(S(N)(=O)=O)cc1. The molecular formula is C18H13N5O3S. The number of primary sulfonamides is 1. The molecule has 0 bridgehead atoms. The first kappa shape index (κ1) is 18.2. The second kappa shape index (κ2) is 7.33. The average molecular weight is 379 g/mol. The van der Waals surface area contributed by atoms with Gasteiger partial charge in [0.15, 0.2) is 0 Å². The van der Waals surface area contributed by atoms with Gasteiger partial charge in [-0.15, -0.1) is 0 Å². The van der Waals surface area contributed by atoms with Crippen molar-refractivity contribution in [2.24, 2.45) is 5.14 Å². The minimum Gasteiger partial charge on any atom is -0.321 e. The molecule has 0 fully saturated rings. The zero-order valence-corrected chi connectivity index (χ0v) is 14.6. The highest BCUT2D eigenvalue weighted by atomic mass is 32.2. The normalized spacial score (nSPS) is 11.8. The third-order valence-corrected chi connectivity index (χ3v) is 4.49. The first-order valence-corrected chi connectivity index (χ1v) is 9.19. The molecule has 0 saturated carbocycles. The number of nitrogens with one attached hydrogen (secondary N) is 1. The van der Waals surface area contributed by atoms with Crippen molar-refractivity contribution in [3.8, 4) is 6.07 Å². The van der Waals surface area contributed by atoms with E-state index in [1.54, 1.807) is 12.1 Å². The smallest absolute Gasteiger partial charge is 0.266 e. The molecule has 1 heterocycles. The lowest BCUT2D eigenvalue weighted by Gasteiger charge is -2.05.